The van der Waals surface area contributed by atoms with Crippen LogP contribution in [0.25, 0.3) is 0 Å². The number of halogens is 1. The smallest absolute Gasteiger partial charge is 0.308 e. The molecule has 0 spiro atoms. The summed E-state index contributed by atoms with van der Waals surface area (Å²) in [7, 11) is 0. The van der Waals surface area contributed by atoms with Gasteiger partial charge in [0.15, 0.2) is 6.61 Å². The van der Waals surface area contributed by atoms with Crippen LogP contribution in [-0.2, 0) is 9.59 Å². The summed E-state index contributed by atoms with van der Waals surface area (Å²) >= 11 is 3.30. The van der Waals surface area contributed by atoms with Crippen LogP contribution in [0.3, 0.4) is 0 Å². The fraction of sp³-hybridized carbons (Fsp3) is 0.429. The number of amides is 1. The lowest BCUT2D eigenvalue weighted by Crippen LogP contribution is -2.37. The molecule has 1 aromatic carbocycles. The summed E-state index contributed by atoms with van der Waals surface area (Å²) in [5.41, 5.74) is 0. The lowest BCUT2D eigenvalue weighted by Gasteiger charge is -2.16. The van der Waals surface area contributed by atoms with E-state index in [1.54, 1.807) is 12.1 Å². The third kappa shape index (κ3) is 5.61. The van der Waals surface area contributed by atoms with Crippen molar-refractivity contribution in [1.82, 2.24) is 5.32 Å². The number of hydrogen-bond donors (Lipinski definition) is 2. The maximum absolute atomic E-state index is 11.6. The topological polar surface area (TPSA) is 75.6 Å². The molecule has 0 saturated carbocycles. The zero-order valence-electron chi connectivity index (χ0n) is 11.4. The van der Waals surface area contributed by atoms with E-state index in [-0.39, 0.29) is 25.0 Å². The summed E-state index contributed by atoms with van der Waals surface area (Å²) in [6.07, 6.45) is 0. The Hall–Kier alpha value is -1.56. The van der Waals surface area contributed by atoms with E-state index in [0.29, 0.717) is 5.75 Å². The number of carboxylic acid groups (broad SMARTS) is 1. The number of hydrogen-bond acceptors (Lipinski definition) is 3. The van der Waals surface area contributed by atoms with Gasteiger partial charge in [0.25, 0.3) is 5.91 Å². The van der Waals surface area contributed by atoms with E-state index in [4.69, 9.17) is 9.84 Å². The molecule has 0 radical (unpaired) electrons. The molecule has 1 unspecified atom stereocenters. The summed E-state index contributed by atoms with van der Waals surface area (Å²) in [5.74, 6) is -1.29. The van der Waals surface area contributed by atoms with Crippen molar-refractivity contribution in [2.75, 3.05) is 13.2 Å². The molecule has 110 valence electrons. The van der Waals surface area contributed by atoms with Crippen LogP contribution in [0.2, 0.25) is 0 Å². The predicted octanol–water partition coefficient (Wildman–Crippen LogP) is 2.30. The Morgan fingerprint density at radius 2 is 1.90 bits per heavy atom. The zero-order valence-corrected chi connectivity index (χ0v) is 13.0. The van der Waals surface area contributed by atoms with Crippen LogP contribution in [0.5, 0.6) is 5.75 Å². The molecular formula is C14H18BrNO4. The summed E-state index contributed by atoms with van der Waals surface area (Å²) in [6.45, 7) is 3.59. The fourth-order valence-corrected chi connectivity index (χ4v) is 1.83. The highest BCUT2D eigenvalue weighted by Crippen LogP contribution is 2.15. The van der Waals surface area contributed by atoms with Crippen LogP contribution in [-0.4, -0.2) is 30.1 Å². The lowest BCUT2D eigenvalue weighted by atomic mass is 9.96. The maximum Gasteiger partial charge on any atom is 0.308 e. The first-order valence-corrected chi connectivity index (χ1v) is 7.07. The maximum atomic E-state index is 11.6. The molecule has 0 aliphatic rings. The van der Waals surface area contributed by atoms with Crippen LogP contribution >= 0.6 is 15.9 Å². The Labute approximate surface area is 126 Å². The van der Waals surface area contributed by atoms with E-state index >= 15 is 0 Å². The van der Waals surface area contributed by atoms with Crippen molar-refractivity contribution >= 4 is 27.8 Å². The molecule has 1 amide bonds. The highest BCUT2D eigenvalue weighted by atomic mass is 79.9. The quantitative estimate of drug-likeness (QED) is 0.796. The molecule has 0 fully saturated rings. The van der Waals surface area contributed by atoms with E-state index in [9.17, 15) is 9.59 Å². The van der Waals surface area contributed by atoms with Crippen LogP contribution in [0.4, 0.5) is 0 Å². The summed E-state index contributed by atoms with van der Waals surface area (Å²) in [6, 6.07) is 7.11. The van der Waals surface area contributed by atoms with Gasteiger partial charge in [-0.05, 0) is 30.2 Å². The van der Waals surface area contributed by atoms with Gasteiger partial charge in [0.1, 0.15) is 5.75 Å². The van der Waals surface area contributed by atoms with E-state index in [2.05, 4.69) is 21.2 Å². The van der Waals surface area contributed by atoms with Gasteiger partial charge in [0, 0.05) is 11.0 Å². The van der Waals surface area contributed by atoms with E-state index < -0.39 is 11.9 Å². The van der Waals surface area contributed by atoms with E-state index in [1.807, 2.05) is 26.0 Å². The molecule has 2 N–H and O–H groups in total. The Kier molecular flexibility index (Phi) is 6.51. The van der Waals surface area contributed by atoms with Crippen LogP contribution in [0.1, 0.15) is 13.8 Å². The Morgan fingerprint density at radius 3 is 2.40 bits per heavy atom. The SMILES string of the molecule is CC(C)C(CNC(=O)COc1ccc(Br)cc1)C(=O)O. The number of rotatable bonds is 7. The largest absolute Gasteiger partial charge is 0.484 e. The molecule has 1 rings (SSSR count). The van der Waals surface area contributed by atoms with Gasteiger partial charge in [0.05, 0.1) is 5.92 Å². The van der Waals surface area contributed by atoms with Crippen molar-refractivity contribution in [2.24, 2.45) is 11.8 Å². The molecular weight excluding hydrogens is 326 g/mol. The van der Waals surface area contributed by atoms with Crippen LogP contribution in [0, 0.1) is 11.8 Å². The number of carbonyl (C=O) groups excluding carboxylic acids is 1. The second kappa shape index (κ2) is 7.89. The molecule has 0 aromatic heterocycles. The van der Waals surface area contributed by atoms with Crippen molar-refractivity contribution < 1.29 is 19.4 Å². The first-order valence-electron chi connectivity index (χ1n) is 6.28. The Bertz CT molecular complexity index is 459. The van der Waals surface area contributed by atoms with E-state index in [1.165, 1.54) is 0 Å². The van der Waals surface area contributed by atoms with Gasteiger partial charge in [-0.3, -0.25) is 9.59 Å². The van der Waals surface area contributed by atoms with Gasteiger partial charge in [-0.15, -0.1) is 0 Å². The minimum Gasteiger partial charge on any atom is -0.484 e. The molecule has 0 bridgehead atoms. The normalized spacial score (nSPS) is 12.0. The minimum atomic E-state index is -0.908. The van der Waals surface area contributed by atoms with Crippen molar-refractivity contribution in [3.05, 3.63) is 28.7 Å². The molecule has 0 heterocycles. The van der Waals surface area contributed by atoms with Gasteiger partial charge in [-0.1, -0.05) is 29.8 Å². The third-order valence-corrected chi connectivity index (χ3v) is 3.35. The zero-order chi connectivity index (χ0) is 15.1. The van der Waals surface area contributed by atoms with Crippen molar-refractivity contribution in [2.45, 2.75) is 13.8 Å². The second-order valence-corrected chi connectivity index (χ2v) is 5.65. The van der Waals surface area contributed by atoms with Crippen LogP contribution < -0.4 is 10.1 Å². The molecule has 1 aromatic rings. The van der Waals surface area contributed by atoms with Gasteiger partial charge >= 0.3 is 5.97 Å². The second-order valence-electron chi connectivity index (χ2n) is 4.74. The third-order valence-electron chi connectivity index (χ3n) is 2.82. The van der Waals surface area contributed by atoms with Crippen molar-refractivity contribution in [3.63, 3.8) is 0 Å². The Morgan fingerprint density at radius 1 is 1.30 bits per heavy atom. The van der Waals surface area contributed by atoms with Crippen LogP contribution in [0.15, 0.2) is 28.7 Å². The van der Waals surface area contributed by atoms with Gasteiger partial charge in [-0.2, -0.15) is 0 Å². The number of benzene rings is 1. The molecule has 20 heavy (non-hydrogen) atoms. The predicted molar refractivity (Wildman–Crippen MR) is 78.6 cm³/mol. The molecule has 1 atom stereocenters. The lowest BCUT2D eigenvalue weighted by molar-refractivity contribution is -0.143. The van der Waals surface area contributed by atoms with E-state index in [0.717, 1.165) is 4.47 Å². The number of carboxylic acids is 1. The molecule has 0 saturated heterocycles. The molecule has 0 aliphatic carbocycles. The average molecular weight is 344 g/mol. The number of carbonyl (C=O) groups is 2. The summed E-state index contributed by atoms with van der Waals surface area (Å²) < 4.78 is 6.22. The Balaban J connectivity index is 2.36. The van der Waals surface area contributed by atoms with Gasteiger partial charge in [0.2, 0.25) is 0 Å². The average Bonchev–Trinajstić information content (AvgIpc) is 2.37. The standard InChI is InChI=1S/C14H18BrNO4/c1-9(2)12(14(18)19)7-16-13(17)8-20-11-5-3-10(15)4-6-11/h3-6,9,12H,7-8H2,1-2H3,(H,16,17)(H,18,19). The highest BCUT2D eigenvalue weighted by Gasteiger charge is 2.21. The number of nitrogens with one attached hydrogen (secondary N) is 1. The minimum absolute atomic E-state index is 0.0415. The summed E-state index contributed by atoms with van der Waals surface area (Å²) in [4.78, 5) is 22.6. The molecule has 5 nitrogen and oxygen atoms in total. The first kappa shape index (κ1) is 16.5. The molecule has 6 heteroatoms. The van der Waals surface area contributed by atoms with Gasteiger partial charge in [-0.25, -0.2) is 0 Å². The number of aliphatic carboxylic acids is 1. The van der Waals surface area contributed by atoms with Crippen molar-refractivity contribution in [1.29, 1.82) is 0 Å². The highest BCUT2D eigenvalue weighted by molar-refractivity contribution is 9.10. The first-order chi connectivity index (χ1) is 9.40. The monoisotopic (exact) mass is 343 g/mol. The van der Waals surface area contributed by atoms with Gasteiger partial charge < -0.3 is 15.2 Å². The fourth-order valence-electron chi connectivity index (χ4n) is 1.56. The molecule has 0 aliphatic heterocycles. The number of ether oxygens (including phenoxy) is 1. The summed E-state index contributed by atoms with van der Waals surface area (Å²) in [5, 5.41) is 11.6. The van der Waals surface area contributed by atoms with Crippen molar-refractivity contribution in [3.8, 4) is 5.75 Å².